The molecule has 0 bridgehead atoms. The van der Waals surface area contributed by atoms with Gasteiger partial charge in [0.15, 0.2) is 0 Å². The molecule has 0 spiro atoms. The predicted molar refractivity (Wildman–Crippen MR) is 64.4 cm³/mol. The number of aryl methyl sites for hydroxylation is 1. The monoisotopic (exact) mass is 219 g/mol. The Labute approximate surface area is 96.1 Å². The second kappa shape index (κ2) is 5.91. The molecule has 1 aromatic heterocycles. The number of anilines is 2. The average molecular weight is 219 g/mol. The Balaban J connectivity index is 2.85. The minimum atomic E-state index is 0.323. The van der Waals surface area contributed by atoms with Crippen molar-refractivity contribution in [2.24, 2.45) is 0 Å². The van der Waals surface area contributed by atoms with Gasteiger partial charge in [0, 0.05) is 19.7 Å². The number of nitrogens with zero attached hydrogens (tertiary/aromatic N) is 4. The Morgan fingerprint density at radius 1 is 1.50 bits per heavy atom. The van der Waals surface area contributed by atoms with E-state index in [2.05, 4.69) is 28.3 Å². The van der Waals surface area contributed by atoms with Crippen LogP contribution in [0.15, 0.2) is 6.07 Å². The highest BCUT2D eigenvalue weighted by molar-refractivity contribution is 5.49. The first-order chi connectivity index (χ1) is 7.67. The summed E-state index contributed by atoms with van der Waals surface area (Å²) >= 11 is 0. The molecule has 5 nitrogen and oxygen atoms in total. The van der Waals surface area contributed by atoms with Crippen LogP contribution in [0.25, 0.3) is 0 Å². The molecule has 0 aliphatic rings. The molecule has 1 aromatic rings. The van der Waals surface area contributed by atoms with E-state index in [-0.39, 0.29) is 0 Å². The second-order valence-corrected chi connectivity index (χ2v) is 3.60. The molecule has 0 unspecified atom stereocenters. The van der Waals surface area contributed by atoms with E-state index in [0.29, 0.717) is 12.4 Å². The average Bonchev–Trinajstić information content (AvgIpc) is 2.26. The summed E-state index contributed by atoms with van der Waals surface area (Å²) in [6.07, 6.45) is 1.05. The standard InChI is InChI=1S/C11H17N5/c1-4-6-13-10-8-11(15-9(2)14-10)16(3)7-5-12/h8H,4,6-7H2,1-3H3,(H,13,14,15). The van der Waals surface area contributed by atoms with Crippen molar-refractivity contribution in [2.75, 3.05) is 30.4 Å². The molecule has 0 aliphatic heterocycles. The summed E-state index contributed by atoms with van der Waals surface area (Å²) in [7, 11) is 1.84. The molecule has 1 heterocycles. The third kappa shape index (κ3) is 3.39. The van der Waals surface area contributed by atoms with Crippen molar-refractivity contribution < 1.29 is 0 Å². The number of nitrogens with one attached hydrogen (secondary N) is 1. The third-order valence-corrected chi connectivity index (χ3v) is 2.08. The topological polar surface area (TPSA) is 64.8 Å². The summed E-state index contributed by atoms with van der Waals surface area (Å²) in [5.41, 5.74) is 0. The first kappa shape index (κ1) is 12.2. The Hall–Kier alpha value is -1.83. The minimum Gasteiger partial charge on any atom is -0.370 e. The van der Waals surface area contributed by atoms with Gasteiger partial charge in [-0.05, 0) is 13.3 Å². The number of aromatic nitrogens is 2. The smallest absolute Gasteiger partial charge is 0.134 e. The molecular weight excluding hydrogens is 202 g/mol. The molecule has 0 saturated carbocycles. The Kier molecular flexibility index (Phi) is 4.52. The van der Waals surface area contributed by atoms with Crippen molar-refractivity contribution in [3.05, 3.63) is 11.9 Å². The van der Waals surface area contributed by atoms with Crippen LogP contribution in [0.5, 0.6) is 0 Å². The quantitative estimate of drug-likeness (QED) is 0.761. The van der Waals surface area contributed by atoms with E-state index in [1.54, 1.807) is 4.90 Å². The van der Waals surface area contributed by atoms with Crippen LogP contribution in [0, 0.1) is 18.3 Å². The predicted octanol–water partition coefficient (Wildman–Crippen LogP) is 1.57. The normalized spacial score (nSPS) is 9.62. The molecule has 5 heteroatoms. The molecule has 0 fully saturated rings. The first-order valence-corrected chi connectivity index (χ1v) is 5.35. The van der Waals surface area contributed by atoms with Crippen LogP contribution >= 0.6 is 0 Å². The fraction of sp³-hybridized carbons (Fsp3) is 0.545. The van der Waals surface area contributed by atoms with Gasteiger partial charge in [-0.3, -0.25) is 0 Å². The van der Waals surface area contributed by atoms with Gasteiger partial charge in [0.1, 0.15) is 24.0 Å². The van der Waals surface area contributed by atoms with Crippen LogP contribution in [0.4, 0.5) is 11.6 Å². The molecule has 86 valence electrons. The molecule has 0 aromatic carbocycles. The number of rotatable bonds is 5. The van der Waals surface area contributed by atoms with Gasteiger partial charge in [0.2, 0.25) is 0 Å². The second-order valence-electron chi connectivity index (χ2n) is 3.60. The van der Waals surface area contributed by atoms with Gasteiger partial charge in [-0.15, -0.1) is 0 Å². The van der Waals surface area contributed by atoms with Crippen molar-refractivity contribution in [1.29, 1.82) is 5.26 Å². The van der Waals surface area contributed by atoms with Gasteiger partial charge in [-0.1, -0.05) is 6.92 Å². The minimum absolute atomic E-state index is 0.323. The number of nitriles is 1. The fourth-order valence-corrected chi connectivity index (χ4v) is 1.28. The molecule has 1 N–H and O–H groups in total. The maximum Gasteiger partial charge on any atom is 0.134 e. The lowest BCUT2D eigenvalue weighted by Gasteiger charge is -2.15. The van der Waals surface area contributed by atoms with Crippen molar-refractivity contribution in [3.63, 3.8) is 0 Å². The van der Waals surface area contributed by atoms with Crippen LogP contribution in [0.3, 0.4) is 0 Å². The number of hydrogen-bond acceptors (Lipinski definition) is 5. The maximum atomic E-state index is 8.63. The Bertz CT molecular complexity index is 382. The fourth-order valence-electron chi connectivity index (χ4n) is 1.28. The summed E-state index contributed by atoms with van der Waals surface area (Å²) < 4.78 is 0. The van der Waals surface area contributed by atoms with E-state index in [4.69, 9.17) is 5.26 Å². The van der Waals surface area contributed by atoms with E-state index < -0.39 is 0 Å². The highest BCUT2D eigenvalue weighted by Crippen LogP contribution is 2.14. The van der Waals surface area contributed by atoms with Crippen LogP contribution in [0.1, 0.15) is 19.2 Å². The SMILES string of the molecule is CCCNc1cc(N(C)CC#N)nc(C)n1. The summed E-state index contributed by atoms with van der Waals surface area (Å²) in [4.78, 5) is 10.4. The molecule has 0 saturated heterocycles. The lowest BCUT2D eigenvalue weighted by molar-refractivity contribution is 0.929. The van der Waals surface area contributed by atoms with Crippen molar-refractivity contribution in [3.8, 4) is 6.07 Å². The Morgan fingerprint density at radius 2 is 2.25 bits per heavy atom. The molecular formula is C11H17N5. The Morgan fingerprint density at radius 3 is 2.88 bits per heavy atom. The van der Waals surface area contributed by atoms with Gasteiger partial charge >= 0.3 is 0 Å². The van der Waals surface area contributed by atoms with Crippen LogP contribution in [-0.4, -0.2) is 30.1 Å². The largest absolute Gasteiger partial charge is 0.370 e. The molecule has 16 heavy (non-hydrogen) atoms. The molecule has 0 radical (unpaired) electrons. The van der Waals surface area contributed by atoms with Crippen LogP contribution < -0.4 is 10.2 Å². The lowest BCUT2D eigenvalue weighted by Crippen LogP contribution is -2.19. The zero-order valence-electron chi connectivity index (χ0n) is 9.99. The van der Waals surface area contributed by atoms with Crippen LogP contribution in [-0.2, 0) is 0 Å². The van der Waals surface area contributed by atoms with Gasteiger partial charge in [-0.2, -0.15) is 5.26 Å². The maximum absolute atomic E-state index is 8.63. The highest BCUT2D eigenvalue weighted by Gasteiger charge is 2.05. The number of hydrogen-bond donors (Lipinski definition) is 1. The molecule has 0 amide bonds. The van der Waals surface area contributed by atoms with E-state index in [9.17, 15) is 0 Å². The van der Waals surface area contributed by atoms with Crippen LogP contribution in [0.2, 0.25) is 0 Å². The zero-order chi connectivity index (χ0) is 12.0. The van der Waals surface area contributed by atoms with E-state index in [0.717, 1.165) is 24.6 Å². The summed E-state index contributed by atoms with van der Waals surface area (Å²) in [5.74, 6) is 2.29. The van der Waals surface area contributed by atoms with E-state index in [1.807, 2.05) is 20.0 Å². The van der Waals surface area contributed by atoms with Crippen molar-refractivity contribution in [1.82, 2.24) is 9.97 Å². The first-order valence-electron chi connectivity index (χ1n) is 5.35. The van der Waals surface area contributed by atoms with Crippen molar-refractivity contribution >= 4 is 11.6 Å². The van der Waals surface area contributed by atoms with Gasteiger partial charge < -0.3 is 10.2 Å². The summed E-state index contributed by atoms with van der Waals surface area (Å²) in [6, 6.07) is 3.95. The summed E-state index contributed by atoms with van der Waals surface area (Å²) in [5, 5.41) is 11.8. The molecule has 0 atom stereocenters. The molecule has 0 aliphatic carbocycles. The highest BCUT2D eigenvalue weighted by atomic mass is 15.2. The lowest BCUT2D eigenvalue weighted by atomic mass is 10.4. The van der Waals surface area contributed by atoms with Crippen molar-refractivity contribution in [2.45, 2.75) is 20.3 Å². The van der Waals surface area contributed by atoms with E-state index in [1.165, 1.54) is 0 Å². The third-order valence-electron chi connectivity index (χ3n) is 2.08. The van der Waals surface area contributed by atoms with Gasteiger partial charge in [0.05, 0.1) is 6.07 Å². The van der Waals surface area contributed by atoms with E-state index >= 15 is 0 Å². The molecule has 1 rings (SSSR count). The summed E-state index contributed by atoms with van der Waals surface area (Å²) in [6.45, 7) is 5.16. The van der Waals surface area contributed by atoms with Gasteiger partial charge in [0.25, 0.3) is 0 Å². The van der Waals surface area contributed by atoms with Gasteiger partial charge in [-0.25, -0.2) is 9.97 Å². The zero-order valence-corrected chi connectivity index (χ0v) is 9.99.